The lowest BCUT2D eigenvalue weighted by molar-refractivity contribution is -0.909. The monoisotopic (exact) mass is 328 g/mol. The Morgan fingerprint density at radius 1 is 1.00 bits per heavy atom. The van der Waals surface area contributed by atoms with Crippen molar-refractivity contribution in [3.8, 4) is 5.75 Å². The molecule has 1 saturated heterocycles. The van der Waals surface area contributed by atoms with E-state index in [2.05, 4.69) is 12.1 Å². The van der Waals surface area contributed by atoms with Gasteiger partial charge in [-0.25, -0.2) is 0 Å². The van der Waals surface area contributed by atoms with Crippen LogP contribution in [0.4, 0.5) is 0 Å². The Morgan fingerprint density at radius 2 is 1.67 bits per heavy atom. The molecular weight excluding hydrogens is 302 g/mol. The maximum Gasteiger partial charge on any atom is 0.118 e. The summed E-state index contributed by atoms with van der Waals surface area (Å²) in [7, 11) is 1.65. The molecule has 2 N–H and O–H groups in total. The van der Waals surface area contributed by atoms with Crippen molar-refractivity contribution >= 4 is 0 Å². The second kappa shape index (κ2) is 8.29. The number of nitrogens with one attached hydrogen (secondary N) is 1. The second-order valence-corrected chi connectivity index (χ2v) is 6.30. The number of aliphatic hydroxyl groups is 1. The van der Waals surface area contributed by atoms with Crippen molar-refractivity contribution in [1.82, 2.24) is 0 Å². The molecule has 2 aromatic carbocycles. The van der Waals surface area contributed by atoms with Gasteiger partial charge >= 0.3 is 0 Å². The van der Waals surface area contributed by atoms with Crippen molar-refractivity contribution in [2.45, 2.75) is 12.0 Å². The molecule has 1 fully saturated rings. The van der Waals surface area contributed by atoms with Gasteiger partial charge in [0.05, 0.1) is 38.9 Å². The molecule has 4 nitrogen and oxygen atoms in total. The first-order valence-corrected chi connectivity index (χ1v) is 8.56. The van der Waals surface area contributed by atoms with Crippen LogP contribution in [0.1, 0.15) is 23.1 Å². The summed E-state index contributed by atoms with van der Waals surface area (Å²) in [5, 5.41) is 11.0. The predicted molar refractivity (Wildman–Crippen MR) is 93.5 cm³/mol. The summed E-state index contributed by atoms with van der Waals surface area (Å²) in [4.78, 5) is 1.49. The highest BCUT2D eigenvalue weighted by molar-refractivity contribution is 5.31. The molecule has 2 atom stereocenters. The van der Waals surface area contributed by atoms with Gasteiger partial charge < -0.3 is 19.5 Å². The van der Waals surface area contributed by atoms with E-state index in [0.29, 0.717) is 0 Å². The molecule has 1 heterocycles. The number of hydrogen-bond donors (Lipinski definition) is 2. The van der Waals surface area contributed by atoms with Crippen molar-refractivity contribution in [3.63, 3.8) is 0 Å². The van der Waals surface area contributed by atoms with Gasteiger partial charge in [-0.2, -0.15) is 0 Å². The number of hydrogen-bond acceptors (Lipinski definition) is 3. The van der Waals surface area contributed by atoms with Crippen LogP contribution in [0.3, 0.4) is 0 Å². The molecule has 0 bridgehead atoms. The smallest absolute Gasteiger partial charge is 0.118 e. The van der Waals surface area contributed by atoms with Crippen molar-refractivity contribution in [2.24, 2.45) is 0 Å². The molecule has 1 aliphatic heterocycles. The molecule has 1 aliphatic rings. The summed E-state index contributed by atoms with van der Waals surface area (Å²) in [6, 6.07) is 18.0. The zero-order valence-corrected chi connectivity index (χ0v) is 14.2. The lowest BCUT2D eigenvalue weighted by atomic mass is 9.88. The normalized spacial score (nSPS) is 18.1. The molecule has 24 heavy (non-hydrogen) atoms. The molecule has 0 saturated carbocycles. The molecule has 0 aromatic heterocycles. The van der Waals surface area contributed by atoms with Crippen molar-refractivity contribution < 1.29 is 19.5 Å². The summed E-state index contributed by atoms with van der Waals surface area (Å²) in [6.45, 7) is 4.50. The zero-order chi connectivity index (χ0) is 16.8. The molecule has 128 valence electrons. The SMILES string of the molecule is COc1ccc([C@@H](O)[C@H](C[NH+]2CCOCC2)c2ccccc2)cc1. The minimum absolute atomic E-state index is 0.0627. The first kappa shape index (κ1) is 17.0. The zero-order valence-electron chi connectivity index (χ0n) is 14.2. The van der Waals surface area contributed by atoms with Crippen molar-refractivity contribution in [1.29, 1.82) is 0 Å². The number of benzene rings is 2. The Morgan fingerprint density at radius 3 is 2.29 bits per heavy atom. The van der Waals surface area contributed by atoms with Crippen LogP contribution in [0.5, 0.6) is 5.75 Å². The molecule has 0 unspecified atom stereocenters. The molecule has 4 heteroatoms. The van der Waals surface area contributed by atoms with E-state index in [4.69, 9.17) is 9.47 Å². The quantitative estimate of drug-likeness (QED) is 0.843. The van der Waals surface area contributed by atoms with E-state index in [1.165, 1.54) is 10.5 Å². The second-order valence-electron chi connectivity index (χ2n) is 6.30. The van der Waals surface area contributed by atoms with E-state index in [1.807, 2.05) is 42.5 Å². The standard InChI is InChI=1S/C20H25NO3/c1-23-18-9-7-17(8-10-18)20(22)19(16-5-3-2-4-6-16)15-21-11-13-24-14-12-21/h2-10,19-20,22H,11-15H2,1H3/p+1/t19-,20-/m1/s1. The summed E-state index contributed by atoms with van der Waals surface area (Å²) in [6.07, 6.45) is -0.534. The maximum atomic E-state index is 11.0. The Balaban J connectivity index is 1.82. The van der Waals surface area contributed by atoms with E-state index < -0.39 is 6.10 Å². The minimum atomic E-state index is -0.534. The van der Waals surface area contributed by atoms with Gasteiger partial charge in [-0.15, -0.1) is 0 Å². The summed E-state index contributed by atoms with van der Waals surface area (Å²) < 4.78 is 10.7. The molecule has 0 radical (unpaired) electrons. The van der Waals surface area contributed by atoms with Gasteiger partial charge in [0.15, 0.2) is 0 Å². The Hall–Kier alpha value is -1.88. The molecule has 2 aromatic rings. The number of rotatable bonds is 6. The van der Waals surface area contributed by atoms with E-state index in [0.717, 1.165) is 44.2 Å². The van der Waals surface area contributed by atoms with Crippen LogP contribution in [0.15, 0.2) is 54.6 Å². The molecule has 0 aliphatic carbocycles. The fourth-order valence-electron chi connectivity index (χ4n) is 3.32. The maximum absolute atomic E-state index is 11.0. The van der Waals surface area contributed by atoms with Crippen LogP contribution >= 0.6 is 0 Å². The lowest BCUT2D eigenvalue weighted by Crippen LogP contribution is -3.14. The number of morpholine rings is 1. The van der Waals surface area contributed by atoms with Crippen LogP contribution in [-0.2, 0) is 4.74 Å². The Labute approximate surface area is 143 Å². The highest BCUT2D eigenvalue weighted by atomic mass is 16.5. The average Bonchev–Trinajstić information content (AvgIpc) is 2.67. The van der Waals surface area contributed by atoms with Crippen molar-refractivity contribution in [2.75, 3.05) is 40.0 Å². The Bertz CT molecular complexity index is 609. The van der Waals surface area contributed by atoms with Gasteiger partial charge in [0.2, 0.25) is 0 Å². The van der Waals surface area contributed by atoms with E-state index >= 15 is 0 Å². The highest BCUT2D eigenvalue weighted by Crippen LogP contribution is 2.30. The van der Waals surface area contributed by atoms with E-state index in [1.54, 1.807) is 7.11 Å². The summed E-state index contributed by atoms with van der Waals surface area (Å²) >= 11 is 0. The number of aliphatic hydroxyl groups excluding tert-OH is 1. The van der Waals surface area contributed by atoms with Gasteiger partial charge in [0.1, 0.15) is 18.8 Å². The van der Waals surface area contributed by atoms with Gasteiger partial charge in [0.25, 0.3) is 0 Å². The summed E-state index contributed by atoms with van der Waals surface area (Å²) in [5.41, 5.74) is 2.11. The van der Waals surface area contributed by atoms with Crippen LogP contribution in [0, 0.1) is 0 Å². The molecule has 0 spiro atoms. The number of quaternary nitrogens is 1. The number of ether oxygens (including phenoxy) is 2. The summed E-state index contributed by atoms with van der Waals surface area (Å²) in [5.74, 6) is 0.869. The van der Waals surface area contributed by atoms with Gasteiger partial charge in [0, 0.05) is 0 Å². The largest absolute Gasteiger partial charge is 0.497 e. The predicted octanol–water partition coefficient (Wildman–Crippen LogP) is 1.43. The third kappa shape index (κ3) is 4.15. The van der Waals surface area contributed by atoms with Gasteiger partial charge in [-0.05, 0) is 23.3 Å². The Kier molecular flexibility index (Phi) is 5.86. The van der Waals surface area contributed by atoms with Crippen LogP contribution in [-0.4, -0.2) is 45.1 Å². The molecular formula is C20H26NO3+. The van der Waals surface area contributed by atoms with Crippen LogP contribution in [0.2, 0.25) is 0 Å². The van der Waals surface area contributed by atoms with Gasteiger partial charge in [-0.3, -0.25) is 0 Å². The fraction of sp³-hybridized carbons (Fsp3) is 0.400. The third-order valence-corrected chi connectivity index (χ3v) is 4.77. The topological polar surface area (TPSA) is 43.1 Å². The van der Waals surface area contributed by atoms with Crippen molar-refractivity contribution in [3.05, 3.63) is 65.7 Å². The lowest BCUT2D eigenvalue weighted by Gasteiger charge is -2.30. The molecule has 3 rings (SSSR count). The van der Waals surface area contributed by atoms with E-state index in [9.17, 15) is 5.11 Å². The first-order valence-electron chi connectivity index (χ1n) is 8.56. The van der Waals surface area contributed by atoms with E-state index in [-0.39, 0.29) is 5.92 Å². The first-order chi connectivity index (χ1) is 11.8. The highest BCUT2D eigenvalue weighted by Gasteiger charge is 2.28. The van der Waals surface area contributed by atoms with Gasteiger partial charge in [-0.1, -0.05) is 42.5 Å². The third-order valence-electron chi connectivity index (χ3n) is 4.77. The van der Waals surface area contributed by atoms with Crippen LogP contribution < -0.4 is 9.64 Å². The fourth-order valence-corrected chi connectivity index (χ4v) is 3.32. The average molecular weight is 328 g/mol. The number of methoxy groups -OCH3 is 1. The molecule has 0 amide bonds. The van der Waals surface area contributed by atoms with Crippen LogP contribution in [0.25, 0.3) is 0 Å². The minimum Gasteiger partial charge on any atom is -0.497 e.